The van der Waals surface area contributed by atoms with Gasteiger partial charge in [-0.1, -0.05) is 0 Å². The fourth-order valence-electron chi connectivity index (χ4n) is 1.18. The zero-order valence-electron chi connectivity index (χ0n) is 9.72. The van der Waals surface area contributed by atoms with Gasteiger partial charge in [0.25, 0.3) is 0 Å². The van der Waals surface area contributed by atoms with Gasteiger partial charge in [-0.05, 0) is 34.5 Å². The Morgan fingerprint density at radius 1 is 1.50 bits per heavy atom. The first-order chi connectivity index (χ1) is 8.43. The van der Waals surface area contributed by atoms with Crippen molar-refractivity contribution >= 4 is 37.6 Å². The van der Waals surface area contributed by atoms with E-state index in [9.17, 15) is 13.2 Å². The van der Waals surface area contributed by atoms with Gasteiger partial charge in [-0.2, -0.15) is 0 Å². The Hall–Kier alpha value is -1.15. The van der Waals surface area contributed by atoms with Crippen molar-refractivity contribution in [2.45, 2.75) is 12.8 Å². The smallest absolute Gasteiger partial charge is 0.305 e. The molecule has 0 saturated carbocycles. The summed E-state index contributed by atoms with van der Waals surface area (Å²) in [5.74, 6) is -0.562. The maximum Gasteiger partial charge on any atom is 0.305 e. The average Bonchev–Trinajstić information content (AvgIpc) is 2.31. The van der Waals surface area contributed by atoms with E-state index in [-0.39, 0.29) is 18.6 Å². The summed E-state index contributed by atoms with van der Waals surface area (Å²) >= 11 is 3.15. The number of anilines is 1. The van der Waals surface area contributed by atoms with Crippen LogP contribution in [0, 0.1) is 0 Å². The third-order valence-corrected chi connectivity index (χ3v) is 3.86. The largest absolute Gasteiger partial charge is 0.469 e. The number of hydrogen-bond acceptors (Lipinski definition) is 5. The van der Waals surface area contributed by atoms with Gasteiger partial charge in [-0.15, -0.1) is 0 Å². The summed E-state index contributed by atoms with van der Waals surface area (Å²) < 4.78 is 30.7. The van der Waals surface area contributed by atoms with E-state index in [2.05, 4.69) is 30.4 Å². The van der Waals surface area contributed by atoms with E-state index >= 15 is 0 Å². The zero-order valence-corrected chi connectivity index (χ0v) is 12.1. The number of nitrogens with one attached hydrogen (secondary N) is 1. The lowest BCUT2D eigenvalue weighted by Crippen LogP contribution is -2.17. The Kier molecular flexibility index (Phi) is 5.54. The summed E-state index contributed by atoms with van der Waals surface area (Å²) in [4.78, 5) is 14.7. The molecule has 0 amide bonds. The molecule has 1 aromatic heterocycles. The van der Waals surface area contributed by atoms with Gasteiger partial charge in [0.2, 0.25) is 10.0 Å². The molecule has 0 aliphatic heterocycles. The molecule has 1 heterocycles. The number of carbonyl (C=O) groups is 1. The van der Waals surface area contributed by atoms with Gasteiger partial charge in [0.1, 0.15) is 4.60 Å². The second-order valence-corrected chi connectivity index (χ2v) is 6.12. The molecule has 8 heteroatoms. The predicted molar refractivity (Wildman–Crippen MR) is 70.6 cm³/mol. The van der Waals surface area contributed by atoms with E-state index in [1.807, 2.05) is 0 Å². The molecule has 0 aliphatic rings. The SMILES string of the molecule is COC(=O)CCCS(=O)(=O)Nc1ccc(Br)nc1. The van der Waals surface area contributed by atoms with Crippen molar-refractivity contribution in [3.05, 3.63) is 22.9 Å². The van der Waals surface area contributed by atoms with E-state index in [0.29, 0.717) is 10.3 Å². The highest BCUT2D eigenvalue weighted by molar-refractivity contribution is 9.10. The van der Waals surface area contributed by atoms with E-state index in [1.165, 1.54) is 13.3 Å². The molecule has 0 aliphatic carbocycles. The molecule has 6 nitrogen and oxygen atoms in total. The molecule has 0 fully saturated rings. The highest BCUT2D eigenvalue weighted by atomic mass is 79.9. The van der Waals surface area contributed by atoms with Gasteiger partial charge in [0.15, 0.2) is 0 Å². The summed E-state index contributed by atoms with van der Waals surface area (Å²) in [6.07, 6.45) is 1.70. The summed E-state index contributed by atoms with van der Waals surface area (Å²) in [6, 6.07) is 3.22. The van der Waals surface area contributed by atoms with Crippen LogP contribution >= 0.6 is 15.9 Å². The van der Waals surface area contributed by atoms with Crippen LogP contribution in [0.25, 0.3) is 0 Å². The average molecular weight is 337 g/mol. The van der Waals surface area contributed by atoms with Crippen LogP contribution in [-0.2, 0) is 19.6 Å². The number of ether oxygens (including phenoxy) is 1. The topological polar surface area (TPSA) is 85.4 Å². The fourth-order valence-corrected chi connectivity index (χ4v) is 2.52. The Labute approximate surface area is 114 Å². The molecule has 0 unspecified atom stereocenters. The first-order valence-corrected chi connectivity index (χ1v) is 7.56. The van der Waals surface area contributed by atoms with Crippen LogP contribution in [0.15, 0.2) is 22.9 Å². The van der Waals surface area contributed by atoms with Gasteiger partial charge >= 0.3 is 5.97 Å². The molecule has 0 bridgehead atoms. The summed E-state index contributed by atoms with van der Waals surface area (Å²) in [5.41, 5.74) is 0.385. The van der Waals surface area contributed by atoms with Gasteiger partial charge in [-0.25, -0.2) is 13.4 Å². The van der Waals surface area contributed by atoms with Crippen LogP contribution in [0.1, 0.15) is 12.8 Å². The minimum Gasteiger partial charge on any atom is -0.469 e. The van der Waals surface area contributed by atoms with E-state index in [4.69, 9.17) is 0 Å². The number of halogens is 1. The molecule has 0 spiro atoms. The lowest BCUT2D eigenvalue weighted by molar-refractivity contribution is -0.140. The number of esters is 1. The number of aromatic nitrogens is 1. The zero-order chi connectivity index (χ0) is 13.6. The lowest BCUT2D eigenvalue weighted by atomic mass is 10.3. The molecule has 0 saturated heterocycles. The molecular weight excluding hydrogens is 324 g/mol. The highest BCUT2D eigenvalue weighted by Crippen LogP contribution is 2.12. The van der Waals surface area contributed by atoms with Crippen LogP contribution < -0.4 is 4.72 Å². The Morgan fingerprint density at radius 3 is 2.78 bits per heavy atom. The summed E-state index contributed by atoms with van der Waals surface area (Å²) in [5, 5.41) is 0. The number of carbonyl (C=O) groups excluding carboxylic acids is 1. The normalized spacial score (nSPS) is 11.0. The van der Waals surface area contributed by atoms with Gasteiger partial charge in [0.05, 0.1) is 24.7 Å². The molecule has 18 heavy (non-hydrogen) atoms. The highest BCUT2D eigenvalue weighted by Gasteiger charge is 2.12. The predicted octanol–water partition coefficient (Wildman–Crippen LogP) is 1.54. The molecule has 0 aromatic carbocycles. The van der Waals surface area contributed by atoms with E-state index in [1.54, 1.807) is 12.1 Å². The number of nitrogens with zero attached hydrogens (tertiary/aromatic N) is 1. The minimum absolute atomic E-state index is 0.0794. The van der Waals surface area contributed by atoms with Crippen molar-refractivity contribution in [1.82, 2.24) is 4.98 Å². The maximum atomic E-state index is 11.7. The molecule has 100 valence electrons. The molecular formula is C10H13BrN2O4S. The number of rotatable bonds is 6. The van der Waals surface area contributed by atoms with Crippen molar-refractivity contribution in [2.75, 3.05) is 17.6 Å². The number of methoxy groups -OCH3 is 1. The van der Waals surface area contributed by atoms with Crippen molar-refractivity contribution in [3.8, 4) is 0 Å². The first kappa shape index (κ1) is 14.9. The molecule has 0 radical (unpaired) electrons. The molecule has 0 atom stereocenters. The lowest BCUT2D eigenvalue weighted by Gasteiger charge is -2.07. The van der Waals surface area contributed by atoms with Gasteiger partial charge in [0, 0.05) is 6.42 Å². The fraction of sp³-hybridized carbons (Fsp3) is 0.400. The standard InChI is InChI=1S/C10H13BrN2O4S/c1-17-10(14)3-2-6-18(15,16)13-8-4-5-9(11)12-7-8/h4-5,7,13H,2-3,6H2,1H3. The number of hydrogen-bond donors (Lipinski definition) is 1. The van der Waals surface area contributed by atoms with Crippen LogP contribution in [0.5, 0.6) is 0 Å². The summed E-state index contributed by atoms with van der Waals surface area (Å²) in [6.45, 7) is 0. The van der Waals surface area contributed by atoms with Gasteiger partial charge in [-0.3, -0.25) is 9.52 Å². The second-order valence-electron chi connectivity index (χ2n) is 3.47. The Balaban J connectivity index is 2.49. The monoisotopic (exact) mass is 336 g/mol. The van der Waals surface area contributed by atoms with Crippen LogP contribution in [0.4, 0.5) is 5.69 Å². The third kappa shape index (κ3) is 5.46. The number of sulfonamides is 1. The molecule has 1 N–H and O–H groups in total. The first-order valence-electron chi connectivity index (χ1n) is 5.12. The second kappa shape index (κ2) is 6.69. The number of pyridine rings is 1. The van der Waals surface area contributed by atoms with E-state index < -0.39 is 16.0 Å². The molecule has 1 rings (SSSR count). The van der Waals surface area contributed by atoms with E-state index in [0.717, 1.165) is 0 Å². The van der Waals surface area contributed by atoms with Crippen LogP contribution in [-0.4, -0.2) is 32.2 Å². The maximum absolute atomic E-state index is 11.7. The Bertz CT molecular complexity index is 501. The van der Waals surface area contributed by atoms with Crippen molar-refractivity contribution in [3.63, 3.8) is 0 Å². The molecule has 1 aromatic rings. The third-order valence-electron chi connectivity index (χ3n) is 2.02. The summed E-state index contributed by atoms with van der Waals surface area (Å²) in [7, 11) is -2.20. The minimum atomic E-state index is -3.46. The van der Waals surface area contributed by atoms with Crippen molar-refractivity contribution in [1.29, 1.82) is 0 Å². The van der Waals surface area contributed by atoms with Crippen LogP contribution in [0.3, 0.4) is 0 Å². The van der Waals surface area contributed by atoms with Crippen LogP contribution in [0.2, 0.25) is 0 Å². The van der Waals surface area contributed by atoms with Gasteiger partial charge < -0.3 is 4.74 Å². The Morgan fingerprint density at radius 2 is 2.22 bits per heavy atom. The van der Waals surface area contributed by atoms with Crippen molar-refractivity contribution < 1.29 is 17.9 Å². The quantitative estimate of drug-likeness (QED) is 0.629. The van der Waals surface area contributed by atoms with Crippen molar-refractivity contribution in [2.24, 2.45) is 0 Å².